The number of oxime groups is 1. The Morgan fingerprint density at radius 1 is 1.47 bits per heavy atom. The lowest BCUT2D eigenvalue weighted by atomic mass is 10.3. The van der Waals surface area contributed by atoms with Gasteiger partial charge < -0.3 is 9.94 Å². The lowest BCUT2D eigenvalue weighted by molar-refractivity contribution is -0.646. The average molecular weight is 240 g/mol. The predicted octanol–water partition coefficient (Wildman–Crippen LogP) is 0.740. The summed E-state index contributed by atoms with van der Waals surface area (Å²) in [4.78, 5) is 15.8. The second-order valence-corrected chi connectivity index (χ2v) is 3.10. The highest BCUT2D eigenvalue weighted by Crippen LogP contribution is 2.07. The van der Waals surface area contributed by atoms with Crippen LogP contribution >= 0.6 is 0 Å². The largest absolute Gasteiger partial charge is 0.487 e. The standard InChI is InChI=1S/C10H13N3O4/c1-16-12-13(15)7-9(11-14)8-17-10-5-3-2-4-6-10/h2-6H,7-8H2,1H3,(H-,12,14,15)/p+1/b11-9+. The second-order valence-electron chi connectivity index (χ2n) is 3.10. The molecule has 0 saturated carbocycles. The van der Waals surface area contributed by atoms with Crippen LogP contribution in [0.3, 0.4) is 0 Å². The first-order valence-corrected chi connectivity index (χ1v) is 4.87. The number of hydrogen-bond donors (Lipinski definition) is 2. The number of rotatable bonds is 7. The molecule has 0 bridgehead atoms. The van der Waals surface area contributed by atoms with E-state index in [4.69, 9.17) is 9.94 Å². The van der Waals surface area contributed by atoms with Gasteiger partial charge in [0.05, 0.1) is 12.0 Å². The van der Waals surface area contributed by atoms with E-state index in [1.807, 2.05) is 23.8 Å². The molecule has 0 aromatic heterocycles. The molecule has 1 aromatic carbocycles. The maximum absolute atomic E-state index is 11.1. The van der Waals surface area contributed by atoms with E-state index >= 15 is 0 Å². The molecule has 1 rings (SSSR count). The Bertz CT molecular complexity index is 380. The molecule has 0 spiro atoms. The van der Waals surface area contributed by atoms with Crippen molar-refractivity contribution in [1.29, 1.82) is 0 Å². The second kappa shape index (κ2) is 7.18. The molecule has 0 fully saturated rings. The Kier molecular flexibility index (Phi) is 5.45. The van der Waals surface area contributed by atoms with Crippen LogP contribution in [0.4, 0.5) is 0 Å². The van der Waals surface area contributed by atoms with Crippen LogP contribution in [-0.2, 0) is 4.84 Å². The zero-order valence-corrected chi connectivity index (χ0v) is 9.37. The van der Waals surface area contributed by atoms with Gasteiger partial charge in [-0.25, -0.2) is 4.84 Å². The normalized spacial score (nSPS) is 11.0. The lowest BCUT2D eigenvalue weighted by Gasteiger charge is -2.04. The van der Waals surface area contributed by atoms with Gasteiger partial charge in [-0.3, -0.25) is 0 Å². The monoisotopic (exact) mass is 240 g/mol. The first-order chi connectivity index (χ1) is 8.26. The van der Waals surface area contributed by atoms with Gasteiger partial charge in [-0.05, 0) is 17.7 Å². The highest BCUT2D eigenvalue weighted by atomic mass is 16.7. The number of nitrogens with one attached hydrogen (secondary N) is 1. The molecule has 92 valence electrons. The molecule has 0 heterocycles. The minimum absolute atomic E-state index is 0.0185. The van der Waals surface area contributed by atoms with Crippen LogP contribution < -0.4 is 10.3 Å². The number of benzene rings is 1. The minimum Gasteiger partial charge on any atom is -0.487 e. The molecule has 0 saturated heterocycles. The van der Waals surface area contributed by atoms with Gasteiger partial charge in [-0.2, -0.15) is 0 Å². The van der Waals surface area contributed by atoms with Gasteiger partial charge in [0.25, 0.3) is 6.54 Å². The zero-order valence-electron chi connectivity index (χ0n) is 9.37. The van der Waals surface area contributed by atoms with E-state index in [-0.39, 0.29) is 18.9 Å². The Morgan fingerprint density at radius 2 is 2.18 bits per heavy atom. The first-order valence-electron chi connectivity index (χ1n) is 4.87. The quantitative estimate of drug-likeness (QED) is 0.318. The SMILES string of the molecule is CON[N+](=O)C/C(COc1ccccc1)=N\O. The van der Waals surface area contributed by atoms with E-state index in [2.05, 4.69) is 9.99 Å². The fraction of sp³-hybridized carbons (Fsp3) is 0.300. The van der Waals surface area contributed by atoms with Crippen LogP contribution in [-0.4, -0.2) is 36.0 Å². The van der Waals surface area contributed by atoms with E-state index in [9.17, 15) is 4.91 Å². The molecule has 0 aliphatic rings. The Hall–Kier alpha value is -2.15. The van der Waals surface area contributed by atoms with Crippen molar-refractivity contribution >= 4 is 5.71 Å². The van der Waals surface area contributed by atoms with Gasteiger partial charge in [0.15, 0.2) is 5.71 Å². The van der Waals surface area contributed by atoms with Crippen molar-refractivity contribution in [1.82, 2.24) is 5.59 Å². The number of hydrogen-bond acceptors (Lipinski definition) is 5. The van der Waals surface area contributed by atoms with Crippen molar-refractivity contribution in [2.45, 2.75) is 0 Å². The summed E-state index contributed by atoms with van der Waals surface area (Å²) in [6, 6.07) is 9.01. The summed E-state index contributed by atoms with van der Waals surface area (Å²) in [5.41, 5.74) is 2.21. The predicted molar refractivity (Wildman–Crippen MR) is 59.8 cm³/mol. The zero-order chi connectivity index (χ0) is 12.5. The van der Waals surface area contributed by atoms with Crippen LogP contribution in [0, 0.1) is 4.91 Å². The molecule has 0 unspecified atom stereocenters. The number of nitrogens with zero attached hydrogens (tertiary/aromatic N) is 2. The number of para-hydroxylation sites is 1. The molecule has 1 aromatic rings. The number of ether oxygens (including phenoxy) is 1. The molecule has 7 nitrogen and oxygen atoms in total. The van der Waals surface area contributed by atoms with E-state index in [0.29, 0.717) is 10.6 Å². The summed E-state index contributed by atoms with van der Waals surface area (Å²) in [5, 5.41) is 11.7. The number of nitroso groups, excluding NO2 is 1. The van der Waals surface area contributed by atoms with Gasteiger partial charge >= 0.3 is 0 Å². The molecule has 0 amide bonds. The molecule has 0 aliphatic heterocycles. The molecule has 0 atom stereocenters. The third-order valence-electron chi connectivity index (χ3n) is 1.81. The fourth-order valence-corrected chi connectivity index (χ4v) is 1.09. The van der Waals surface area contributed by atoms with Crippen LogP contribution in [0.25, 0.3) is 0 Å². The topological polar surface area (TPSA) is 83.2 Å². The van der Waals surface area contributed by atoms with Crippen LogP contribution in [0.15, 0.2) is 35.5 Å². The van der Waals surface area contributed by atoms with Gasteiger partial charge in [0.1, 0.15) is 17.2 Å². The summed E-state index contributed by atoms with van der Waals surface area (Å²) >= 11 is 0. The summed E-state index contributed by atoms with van der Waals surface area (Å²) in [6.45, 7) is -0.151. The highest BCUT2D eigenvalue weighted by molar-refractivity contribution is 5.86. The van der Waals surface area contributed by atoms with Crippen molar-refractivity contribution < 1.29 is 19.7 Å². The lowest BCUT2D eigenvalue weighted by Crippen LogP contribution is -2.32. The van der Waals surface area contributed by atoms with Crippen LogP contribution in [0.5, 0.6) is 5.75 Å². The first kappa shape index (κ1) is 12.9. The number of hydrazine groups is 1. The Balaban J connectivity index is 2.41. The summed E-state index contributed by atoms with van der Waals surface area (Å²) in [7, 11) is 1.31. The molecule has 17 heavy (non-hydrogen) atoms. The molecule has 0 radical (unpaired) electrons. The minimum atomic E-state index is -0.169. The maximum atomic E-state index is 11.1. The fourth-order valence-electron chi connectivity index (χ4n) is 1.09. The average Bonchev–Trinajstić information content (AvgIpc) is 2.36. The van der Waals surface area contributed by atoms with E-state index in [0.717, 1.165) is 0 Å². The molecule has 7 heteroatoms. The van der Waals surface area contributed by atoms with Gasteiger partial charge in [-0.15, -0.1) is 0 Å². The van der Waals surface area contributed by atoms with Crippen molar-refractivity contribution in [2.24, 2.45) is 5.16 Å². The smallest absolute Gasteiger partial charge is 0.272 e. The molecule has 2 N–H and O–H groups in total. The molecular weight excluding hydrogens is 226 g/mol. The third kappa shape index (κ3) is 4.94. The van der Waals surface area contributed by atoms with Crippen molar-refractivity contribution in [2.75, 3.05) is 20.3 Å². The van der Waals surface area contributed by atoms with E-state index in [1.54, 1.807) is 12.1 Å². The van der Waals surface area contributed by atoms with Crippen molar-refractivity contribution in [3.63, 3.8) is 0 Å². The van der Waals surface area contributed by atoms with E-state index in [1.165, 1.54) is 7.11 Å². The summed E-state index contributed by atoms with van der Waals surface area (Å²) in [5.74, 6) is 0.630. The summed E-state index contributed by atoms with van der Waals surface area (Å²) in [6.07, 6.45) is 0. The van der Waals surface area contributed by atoms with Gasteiger partial charge in [-0.1, -0.05) is 23.4 Å². The maximum Gasteiger partial charge on any atom is 0.272 e. The van der Waals surface area contributed by atoms with Crippen LogP contribution in [0.2, 0.25) is 0 Å². The van der Waals surface area contributed by atoms with Crippen molar-refractivity contribution in [3.05, 3.63) is 35.2 Å². The van der Waals surface area contributed by atoms with Crippen molar-refractivity contribution in [3.8, 4) is 5.75 Å². The Labute approximate surface area is 98.1 Å². The summed E-state index contributed by atoms with van der Waals surface area (Å²) < 4.78 is 5.31. The molecular formula is C10H14N3O4+. The van der Waals surface area contributed by atoms with Gasteiger partial charge in [0, 0.05) is 0 Å². The van der Waals surface area contributed by atoms with Gasteiger partial charge in [0.2, 0.25) is 0 Å². The van der Waals surface area contributed by atoms with E-state index < -0.39 is 0 Å². The van der Waals surface area contributed by atoms with Crippen LogP contribution in [0.1, 0.15) is 0 Å². The molecule has 0 aliphatic carbocycles. The Morgan fingerprint density at radius 3 is 2.76 bits per heavy atom. The highest BCUT2D eigenvalue weighted by Gasteiger charge is 2.15. The third-order valence-corrected chi connectivity index (χ3v) is 1.81.